The zero-order valence-corrected chi connectivity index (χ0v) is 15.8. The lowest BCUT2D eigenvalue weighted by molar-refractivity contribution is -0.132. The first-order valence-electron chi connectivity index (χ1n) is 8.91. The third-order valence-electron chi connectivity index (χ3n) is 5.39. The number of aromatic hydroxyl groups is 2. The molecule has 0 aromatic heterocycles. The lowest BCUT2D eigenvalue weighted by atomic mass is 9.69. The molecule has 0 amide bonds. The summed E-state index contributed by atoms with van der Waals surface area (Å²) in [7, 11) is 0. The highest BCUT2D eigenvalue weighted by atomic mass is 16.4. The first-order valence-corrected chi connectivity index (χ1v) is 8.91. The number of phenolic OH excluding ortho intramolecular Hbond substituents is 2. The number of aliphatic hydroxyl groups is 1. The van der Waals surface area contributed by atoms with E-state index in [1.54, 1.807) is 0 Å². The molecule has 1 atom stereocenters. The maximum absolute atomic E-state index is 12.4. The van der Waals surface area contributed by atoms with Gasteiger partial charge in [0.25, 0.3) is 0 Å². The number of hydrogen-bond donors (Lipinski definition) is 4. The third-order valence-corrected chi connectivity index (χ3v) is 5.39. The summed E-state index contributed by atoms with van der Waals surface area (Å²) in [6, 6.07) is 3.51. The molecule has 0 saturated carbocycles. The van der Waals surface area contributed by atoms with Gasteiger partial charge >= 0.3 is 5.97 Å². The van der Waals surface area contributed by atoms with Gasteiger partial charge in [0.2, 0.25) is 0 Å². The largest absolute Gasteiger partial charge is 0.508 e. The lowest BCUT2D eigenvalue weighted by Crippen LogP contribution is -2.35. The molecule has 1 aromatic rings. The minimum Gasteiger partial charge on any atom is -0.508 e. The Bertz CT molecular complexity index is 816. The van der Waals surface area contributed by atoms with Crippen molar-refractivity contribution in [3.05, 3.63) is 46.6 Å². The average molecular weight is 374 g/mol. The van der Waals surface area contributed by atoms with Crippen molar-refractivity contribution in [3.8, 4) is 11.5 Å². The van der Waals surface area contributed by atoms with Crippen LogP contribution in [-0.2, 0) is 4.79 Å². The summed E-state index contributed by atoms with van der Waals surface area (Å²) in [4.78, 5) is 24.0. The van der Waals surface area contributed by atoms with Crippen molar-refractivity contribution < 1.29 is 30.0 Å². The Morgan fingerprint density at radius 2 is 1.93 bits per heavy atom. The molecule has 1 aliphatic rings. The Labute approximate surface area is 158 Å². The SMILES string of the molecule is CC1=C(CC/C(=C/C(=O)c2cc(O)ccc2O)C(=O)O)C(C)(C)[C@H](O)CC1. The van der Waals surface area contributed by atoms with E-state index in [0.717, 1.165) is 29.7 Å². The standard InChI is InChI=1S/C21H26O6/c1-12-4-9-19(25)21(2,3)16(12)7-5-13(20(26)27)10-18(24)15-11-14(22)6-8-17(15)23/h6,8,10-11,19,22-23,25H,4-5,7,9H2,1-3H3,(H,26,27)/b13-10-/t19-/m1/s1. The number of carbonyl (C=O) groups excluding carboxylic acids is 1. The van der Waals surface area contributed by atoms with Crippen LogP contribution in [0.5, 0.6) is 11.5 Å². The molecule has 0 spiro atoms. The van der Waals surface area contributed by atoms with Crippen molar-refractivity contribution in [1.29, 1.82) is 0 Å². The number of aliphatic hydroxyl groups excluding tert-OH is 1. The van der Waals surface area contributed by atoms with Crippen LogP contribution in [0.3, 0.4) is 0 Å². The van der Waals surface area contributed by atoms with Crippen LogP contribution in [-0.4, -0.2) is 38.3 Å². The molecule has 146 valence electrons. The number of benzene rings is 1. The van der Waals surface area contributed by atoms with Crippen molar-refractivity contribution in [2.45, 2.75) is 52.6 Å². The second-order valence-electron chi connectivity index (χ2n) is 7.58. The molecule has 6 heteroatoms. The van der Waals surface area contributed by atoms with Gasteiger partial charge in [-0.2, -0.15) is 0 Å². The van der Waals surface area contributed by atoms with Crippen LogP contribution in [0.15, 0.2) is 41.0 Å². The van der Waals surface area contributed by atoms with Crippen LogP contribution >= 0.6 is 0 Å². The number of carboxylic acids is 1. The van der Waals surface area contributed by atoms with Crippen LogP contribution in [0.1, 0.15) is 56.8 Å². The van der Waals surface area contributed by atoms with Crippen molar-refractivity contribution in [2.75, 3.05) is 0 Å². The molecule has 1 aromatic carbocycles. The molecule has 2 rings (SSSR count). The summed E-state index contributed by atoms with van der Waals surface area (Å²) in [6.45, 7) is 5.87. The van der Waals surface area contributed by atoms with Gasteiger partial charge in [0.15, 0.2) is 5.78 Å². The highest BCUT2D eigenvalue weighted by Crippen LogP contribution is 2.43. The Kier molecular flexibility index (Phi) is 6.11. The average Bonchev–Trinajstić information content (AvgIpc) is 2.59. The fraction of sp³-hybridized carbons (Fsp3) is 0.429. The van der Waals surface area contributed by atoms with Gasteiger partial charge in [-0.15, -0.1) is 0 Å². The molecule has 0 aliphatic heterocycles. The van der Waals surface area contributed by atoms with E-state index in [0.29, 0.717) is 12.8 Å². The van der Waals surface area contributed by atoms with Crippen LogP contribution in [0.4, 0.5) is 0 Å². The van der Waals surface area contributed by atoms with Gasteiger partial charge in [-0.25, -0.2) is 4.79 Å². The summed E-state index contributed by atoms with van der Waals surface area (Å²) >= 11 is 0. The molecule has 4 N–H and O–H groups in total. The van der Waals surface area contributed by atoms with Crippen LogP contribution in [0, 0.1) is 5.41 Å². The number of carbonyl (C=O) groups is 2. The fourth-order valence-corrected chi connectivity index (χ4v) is 3.61. The minimum atomic E-state index is -1.21. The second kappa shape index (κ2) is 7.96. The Morgan fingerprint density at radius 3 is 2.56 bits per heavy atom. The molecule has 0 bridgehead atoms. The first kappa shape index (κ1) is 20.7. The summed E-state index contributed by atoms with van der Waals surface area (Å²) in [5.41, 5.74) is 1.48. The number of hydrogen-bond acceptors (Lipinski definition) is 5. The number of ketones is 1. The molecule has 1 aliphatic carbocycles. The molecular weight excluding hydrogens is 348 g/mol. The summed E-state index contributed by atoms with van der Waals surface area (Å²) in [5, 5.41) is 39.0. The van der Waals surface area contributed by atoms with Crippen LogP contribution in [0.25, 0.3) is 0 Å². The van der Waals surface area contributed by atoms with Crippen molar-refractivity contribution in [2.24, 2.45) is 5.41 Å². The lowest BCUT2D eigenvalue weighted by Gasteiger charge is -2.39. The van der Waals surface area contributed by atoms with Gasteiger partial charge in [-0.05, 0) is 56.9 Å². The normalized spacial score (nSPS) is 19.9. The van der Waals surface area contributed by atoms with Gasteiger partial charge in [-0.1, -0.05) is 25.0 Å². The highest BCUT2D eigenvalue weighted by Gasteiger charge is 2.36. The van der Waals surface area contributed by atoms with E-state index >= 15 is 0 Å². The predicted molar refractivity (Wildman–Crippen MR) is 101 cm³/mol. The molecule has 0 unspecified atom stereocenters. The quantitative estimate of drug-likeness (QED) is 0.262. The van der Waals surface area contributed by atoms with E-state index < -0.39 is 23.3 Å². The van der Waals surface area contributed by atoms with Crippen molar-refractivity contribution in [1.82, 2.24) is 0 Å². The Hall–Kier alpha value is -2.60. The second-order valence-corrected chi connectivity index (χ2v) is 7.58. The number of allylic oxidation sites excluding steroid dienone is 2. The Morgan fingerprint density at radius 1 is 1.26 bits per heavy atom. The third kappa shape index (κ3) is 4.57. The van der Waals surface area contributed by atoms with E-state index in [2.05, 4.69) is 0 Å². The zero-order chi connectivity index (χ0) is 20.4. The number of phenols is 2. The summed E-state index contributed by atoms with van der Waals surface area (Å²) in [5.74, 6) is -2.42. The zero-order valence-electron chi connectivity index (χ0n) is 15.8. The molecule has 0 heterocycles. The molecule has 6 nitrogen and oxygen atoms in total. The first-order chi connectivity index (χ1) is 12.5. The van der Waals surface area contributed by atoms with E-state index in [1.165, 1.54) is 12.1 Å². The van der Waals surface area contributed by atoms with Gasteiger partial charge in [0, 0.05) is 11.0 Å². The maximum atomic E-state index is 12.4. The van der Waals surface area contributed by atoms with Crippen molar-refractivity contribution in [3.63, 3.8) is 0 Å². The van der Waals surface area contributed by atoms with Crippen LogP contribution in [0.2, 0.25) is 0 Å². The number of rotatable bonds is 6. The van der Waals surface area contributed by atoms with Crippen molar-refractivity contribution >= 4 is 11.8 Å². The van der Waals surface area contributed by atoms with Gasteiger partial charge < -0.3 is 20.4 Å². The van der Waals surface area contributed by atoms with E-state index in [1.807, 2.05) is 20.8 Å². The molecule has 27 heavy (non-hydrogen) atoms. The number of aliphatic carboxylic acids is 1. The van der Waals surface area contributed by atoms with Gasteiger partial charge in [0.1, 0.15) is 11.5 Å². The summed E-state index contributed by atoms with van der Waals surface area (Å²) in [6.07, 6.45) is 2.50. The topological polar surface area (TPSA) is 115 Å². The molecular formula is C21H26O6. The number of carboxylic acid groups (broad SMARTS) is 1. The monoisotopic (exact) mass is 374 g/mol. The van der Waals surface area contributed by atoms with Gasteiger partial charge in [0.05, 0.1) is 11.7 Å². The van der Waals surface area contributed by atoms with E-state index in [-0.39, 0.29) is 29.1 Å². The summed E-state index contributed by atoms with van der Waals surface area (Å²) < 4.78 is 0. The fourth-order valence-electron chi connectivity index (χ4n) is 3.61. The minimum absolute atomic E-state index is 0.0843. The predicted octanol–water partition coefficient (Wildman–Crippen LogP) is 3.57. The van der Waals surface area contributed by atoms with Gasteiger partial charge in [-0.3, -0.25) is 4.79 Å². The molecule has 0 fully saturated rings. The molecule has 0 radical (unpaired) electrons. The van der Waals surface area contributed by atoms with E-state index in [9.17, 15) is 30.0 Å². The van der Waals surface area contributed by atoms with E-state index in [4.69, 9.17) is 0 Å². The van der Waals surface area contributed by atoms with Crippen LogP contribution < -0.4 is 0 Å². The maximum Gasteiger partial charge on any atom is 0.331 e. The molecule has 0 saturated heterocycles. The smallest absolute Gasteiger partial charge is 0.331 e. The Balaban J connectivity index is 2.26. The highest BCUT2D eigenvalue weighted by molar-refractivity contribution is 6.10.